The van der Waals surface area contributed by atoms with Gasteiger partial charge in [0.1, 0.15) is 11.9 Å². The molecule has 8 heteroatoms. The lowest BCUT2D eigenvalue weighted by atomic mass is 9.98. The van der Waals surface area contributed by atoms with E-state index in [0.717, 1.165) is 16.8 Å². The van der Waals surface area contributed by atoms with Gasteiger partial charge in [-0.25, -0.2) is 4.98 Å². The normalized spacial score (nSPS) is 17.1. The van der Waals surface area contributed by atoms with Crippen molar-refractivity contribution < 1.29 is 9.59 Å². The van der Waals surface area contributed by atoms with Gasteiger partial charge in [0, 0.05) is 26.2 Å². The maximum Gasteiger partial charge on any atom is 0.247 e. The van der Waals surface area contributed by atoms with Gasteiger partial charge in [-0.15, -0.1) is 0 Å². The molecule has 1 aliphatic rings. The highest BCUT2D eigenvalue weighted by atomic mass is 16.2. The third-order valence-corrected chi connectivity index (χ3v) is 6.76. The predicted octanol–water partition coefficient (Wildman–Crippen LogP) is 3.69. The summed E-state index contributed by atoms with van der Waals surface area (Å²) in [6, 6.07) is 22.5. The van der Waals surface area contributed by atoms with Crippen molar-refractivity contribution in [2.75, 3.05) is 36.9 Å². The van der Waals surface area contributed by atoms with Crippen molar-refractivity contribution in [2.45, 2.75) is 31.8 Å². The molecule has 4 rings (SSSR count). The Labute approximate surface area is 217 Å². The molecular weight excluding hydrogens is 464 g/mol. The second-order valence-electron chi connectivity index (χ2n) is 9.53. The van der Waals surface area contributed by atoms with Crippen LogP contribution in [0.1, 0.15) is 42.5 Å². The Balaban J connectivity index is 1.44. The number of hydrogen-bond donors (Lipinski definition) is 2. The van der Waals surface area contributed by atoms with Crippen molar-refractivity contribution in [3.63, 3.8) is 0 Å². The second-order valence-corrected chi connectivity index (χ2v) is 9.53. The first-order valence-corrected chi connectivity index (χ1v) is 12.4. The van der Waals surface area contributed by atoms with Crippen LogP contribution < -0.4 is 15.5 Å². The van der Waals surface area contributed by atoms with Crippen LogP contribution in [0.3, 0.4) is 0 Å². The SMILES string of the molecule is CC1CN(C)C(=O)CN1c1ccc(NC(=O)C(NC[C@@H](C)c2ccc(C#N)cc2)c2ccccc2)nc1. The van der Waals surface area contributed by atoms with Crippen molar-refractivity contribution in [1.29, 1.82) is 5.26 Å². The molecule has 3 atom stereocenters. The van der Waals surface area contributed by atoms with E-state index in [1.165, 1.54) is 0 Å². The zero-order valence-electron chi connectivity index (χ0n) is 21.4. The Morgan fingerprint density at radius 2 is 1.84 bits per heavy atom. The molecule has 2 amide bonds. The average Bonchev–Trinajstić information content (AvgIpc) is 2.92. The lowest BCUT2D eigenvalue weighted by Gasteiger charge is -2.39. The largest absolute Gasteiger partial charge is 0.356 e. The van der Waals surface area contributed by atoms with E-state index in [-0.39, 0.29) is 23.8 Å². The van der Waals surface area contributed by atoms with Gasteiger partial charge < -0.3 is 20.4 Å². The number of nitrogens with zero attached hydrogens (tertiary/aromatic N) is 4. The summed E-state index contributed by atoms with van der Waals surface area (Å²) < 4.78 is 0. The van der Waals surface area contributed by atoms with Gasteiger partial charge in [0.15, 0.2) is 0 Å². The van der Waals surface area contributed by atoms with Crippen molar-refractivity contribution in [1.82, 2.24) is 15.2 Å². The molecule has 2 aromatic carbocycles. The molecule has 1 fully saturated rings. The van der Waals surface area contributed by atoms with Crippen LogP contribution in [-0.4, -0.2) is 54.4 Å². The topological polar surface area (TPSA) is 101 Å². The number of carbonyl (C=O) groups is 2. The summed E-state index contributed by atoms with van der Waals surface area (Å²) in [5, 5.41) is 15.4. The number of pyridine rings is 1. The van der Waals surface area contributed by atoms with Gasteiger partial charge in [-0.2, -0.15) is 5.26 Å². The molecule has 0 radical (unpaired) electrons. The Bertz CT molecular complexity index is 1250. The molecule has 2 heterocycles. The van der Waals surface area contributed by atoms with E-state index in [1.54, 1.807) is 29.3 Å². The summed E-state index contributed by atoms with van der Waals surface area (Å²) in [5.74, 6) is 0.450. The van der Waals surface area contributed by atoms with Gasteiger partial charge >= 0.3 is 0 Å². The summed E-state index contributed by atoms with van der Waals surface area (Å²) in [6.07, 6.45) is 1.70. The number of likely N-dealkylation sites (N-methyl/N-ethyl adjacent to an activating group) is 1. The number of aromatic nitrogens is 1. The van der Waals surface area contributed by atoms with Crippen LogP contribution >= 0.6 is 0 Å². The Kier molecular flexibility index (Phi) is 8.16. The quantitative estimate of drug-likeness (QED) is 0.493. The van der Waals surface area contributed by atoms with E-state index < -0.39 is 6.04 Å². The summed E-state index contributed by atoms with van der Waals surface area (Å²) in [4.78, 5) is 33.7. The van der Waals surface area contributed by atoms with Crippen LogP contribution in [0, 0.1) is 11.3 Å². The van der Waals surface area contributed by atoms with Crippen LogP contribution in [0.4, 0.5) is 11.5 Å². The van der Waals surface area contributed by atoms with Crippen molar-refractivity contribution in [3.8, 4) is 6.07 Å². The van der Waals surface area contributed by atoms with Crippen LogP contribution in [0.15, 0.2) is 72.9 Å². The average molecular weight is 497 g/mol. The third-order valence-electron chi connectivity index (χ3n) is 6.76. The Morgan fingerprint density at radius 3 is 2.49 bits per heavy atom. The van der Waals surface area contributed by atoms with Crippen molar-refractivity contribution in [3.05, 3.63) is 89.6 Å². The number of nitrogens with one attached hydrogen (secondary N) is 2. The fourth-order valence-corrected chi connectivity index (χ4v) is 4.50. The molecule has 0 aliphatic carbocycles. The van der Waals surface area contributed by atoms with Gasteiger partial charge in [0.05, 0.1) is 30.1 Å². The lowest BCUT2D eigenvalue weighted by Crippen LogP contribution is -2.53. The number of anilines is 2. The summed E-state index contributed by atoms with van der Waals surface area (Å²) in [5.41, 5.74) is 3.42. The van der Waals surface area contributed by atoms with Gasteiger partial charge in [0.2, 0.25) is 11.8 Å². The van der Waals surface area contributed by atoms with Crippen LogP contribution in [-0.2, 0) is 9.59 Å². The molecule has 1 aliphatic heterocycles. The molecule has 3 aromatic rings. The van der Waals surface area contributed by atoms with Gasteiger partial charge in [0.25, 0.3) is 0 Å². The van der Waals surface area contributed by atoms with E-state index in [2.05, 4.69) is 35.5 Å². The first-order chi connectivity index (χ1) is 17.9. The van der Waals surface area contributed by atoms with Gasteiger partial charge in [-0.1, -0.05) is 49.4 Å². The minimum absolute atomic E-state index is 0.0718. The standard InChI is InChI=1S/C29H32N6O2/c1-20(23-11-9-22(15-30)10-12-23)16-32-28(24-7-5-4-6-8-24)29(37)33-26-14-13-25(17-31-26)35-19-27(36)34(3)18-21(35)2/h4-14,17,20-21,28,32H,16,18-19H2,1-3H3,(H,31,33,37)/t20-,21?,28?/m1/s1. The van der Waals surface area contributed by atoms with Crippen LogP contribution in [0.2, 0.25) is 0 Å². The monoisotopic (exact) mass is 496 g/mol. The number of amides is 2. The Morgan fingerprint density at radius 1 is 1.11 bits per heavy atom. The molecule has 1 saturated heterocycles. The Hall–Kier alpha value is -4.22. The summed E-state index contributed by atoms with van der Waals surface area (Å²) in [7, 11) is 1.81. The second kappa shape index (κ2) is 11.7. The highest BCUT2D eigenvalue weighted by Crippen LogP contribution is 2.23. The number of benzene rings is 2. The zero-order chi connectivity index (χ0) is 26.4. The minimum Gasteiger partial charge on any atom is -0.356 e. The van der Waals surface area contributed by atoms with Gasteiger partial charge in [-0.05, 0) is 48.2 Å². The molecule has 37 heavy (non-hydrogen) atoms. The van der Waals surface area contributed by atoms with Crippen LogP contribution in [0.5, 0.6) is 0 Å². The number of rotatable bonds is 8. The lowest BCUT2D eigenvalue weighted by molar-refractivity contribution is -0.130. The highest BCUT2D eigenvalue weighted by molar-refractivity contribution is 5.95. The van der Waals surface area contributed by atoms with Crippen molar-refractivity contribution >= 4 is 23.3 Å². The van der Waals surface area contributed by atoms with E-state index in [4.69, 9.17) is 5.26 Å². The third kappa shape index (κ3) is 6.32. The maximum absolute atomic E-state index is 13.4. The molecule has 0 saturated carbocycles. The summed E-state index contributed by atoms with van der Waals surface area (Å²) >= 11 is 0. The first kappa shape index (κ1) is 25.9. The zero-order valence-corrected chi connectivity index (χ0v) is 21.4. The number of piperazine rings is 1. The maximum atomic E-state index is 13.4. The number of carbonyl (C=O) groups excluding carboxylic acids is 2. The van der Waals surface area contributed by atoms with E-state index in [1.807, 2.05) is 60.5 Å². The summed E-state index contributed by atoms with van der Waals surface area (Å²) in [6.45, 7) is 5.69. The number of nitriles is 1. The molecule has 8 nitrogen and oxygen atoms in total. The smallest absolute Gasteiger partial charge is 0.247 e. The molecule has 1 aromatic heterocycles. The highest BCUT2D eigenvalue weighted by Gasteiger charge is 2.27. The van der Waals surface area contributed by atoms with E-state index in [9.17, 15) is 9.59 Å². The van der Waals surface area contributed by atoms with Crippen molar-refractivity contribution in [2.24, 2.45) is 0 Å². The fourth-order valence-electron chi connectivity index (χ4n) is 4.50. The molecule has 0 spiro atoms. The molecule has 190 valence electrons. The molecule has 0 bridgehead atoms. The van der Waals surface area contributed by atoms with Gasteiger partial charge in [-0.3, -0.25) is 9.59 Å². The minimum atomic E-state index is -0.571. The van der Waals surface area contributed by atoms with Crippen LogP contribution in [0.25, 0.3) is 0 Å². The first-order valence-electron chi connectivity index (χ1n) is 12.4. The van der Waals surface area contributed by atoms with E-state index in [0.29, 0.717) is 31.0 Å². The molecule has 2 N–H and O–H groups in total. The van der Waals surface area contributed by atoms with E-state index >= 15 is 0 Å². The molecule has 2 unspecified atom stereocenters. The predicted molar refractivity (Wildman–Crippen MR) is 144 cm³/mol. The fraction of sp³-hybridized carbons (Fsp3) is 0.310. The molecular formula is C29H32N6O2. The number of hydrogen-bond acceptors (Lipinski definition) is 6.